The zero-order chi connectivity index (χ0) is 6.85. The van der Waals surface area contributed by atoms with Gasteiger partial charge in [0.15, 0.2) is 0 Å². The third kappa shape index (κ3) is 1.35. The van der Waals surface area contributed by atoms with E-state index in [4.69, 9.17) is 4.74 Å². The van der Waals surface area contributed by atoms with Crippen LogP contribution in [-0.2, 0) is 7.05 Å². The second-order valence-electron chi connectivity index (χ2n) is 1.63. The van der Waals surface area contributed by atoms with Gasteiger partial charge in [-0.2, -0.15) is 5.10 Å². The highest BCUT2D eigenvalue weighted by Crippen LogP contribution is 2.11. The third-order valence-electron chi connectivity index (χ3n) is 1.02. The first-order valence-electron chi connectivity index (χ1n) is 2.47. The minimum atomic E-state index is 0.791. The molecule has 0 radical (unpaired) electrons. The molecule has 0 fully saturated rings. The van der Waals surface area contributed by atoms with Gasteiger partial charge in [0.05, 0.1) is 7.11 Å². The number of rotatable bonds is 1. The fraction of sp³-hybridized carbons (Fsp3) is 0.400. The number of ether oxygens (including phenoxy) is 1. The van der Waals surface area contributed by atoms with E-state index in [0.717, 1.165) is 9.58 Å². The van der Waals surface area contributed by atoms with Gasteiger partial charge >= 0.3 is 0 Å². The molecule has 0 aromatic carbocycles. The number of hydrogen-bond donors (Lipinski definition) is 0. The Labute approximate surface area is 67.1 Å². The fourth-order valence-corrected chi connectivity index (χ4v) is 1.20. The smallest absolute Gasteiger partial charge is 0.212 e. The van der Waals surface area contributed by atoms with Gasteiger partial charge in [-0.15, -0.1) is 0 Å². The summed E-state index contributed by atoms with van der Waals surface area (Å²) in [5.74, 6) is 0.791. The number of aryl methyl sites for hydroxylation is 1. The number of aromatic nitrogens is 2. The van der Waals surface area contributed by atoms with Crippen LogP contribution in [0.15, 0.2) is 6.07 Å². The van der Waals surface area contributed by atoms with E-state index in [-0.39, 0.29) is 0 Å². The van der Waals surface area contributed by atoms with Crippen LogP contribution in [0.2, 0.25) is 0 Å². The molecule has 0 aliphatic heterocycles. The Kier molecular flexibility index (Phi) is 1.94. The topological polar surface area (TPSA) is 27.1 Å². The Morgan fingerprint density at radius 2 is 2.44 bits per heavy atom. The van der Waals surface area contributed by atoms with Crippen LogP contribution in [-0.4, -0.2) is 16.9 Å². The standard InChI is InChI=1S/C5H7IN2O/c1-8-5(9-2)3-4(6)7-8/h3H,1-2H3. The van der Waals surface area contributed by atoms with E-state index >= 15 is 0 Å². The van der Waals surface area contributed by atoms with E-state index in [2.05, 4.69) is 27.7 Å². The Morgan fingerprint density at radius 3 is 2.67 bits per heavy atom. The largest absolute Gasteiger partial charge is 0.481 e. The maximum atomic E-state index is 4.96. The summed E-state index contributed by atoms with van der Waals surface area (Å²) in [6.07, 6.45) is 0. The quantitative estimate of drug-likeness (QED) is 0.683. The minimum Gasteiger partial charge on any atom is -0.481 e. The lowest BCUT2D eigenvalue weighted by Crippen LogP contribution is -1.94. The van der Waals surface area contributed by atoms with Crippen LogP contribution in [0.1, 0.15) is 0 Å². The van der Waals surface area contributed by atoms with Crippen molar-refractivity contribution < 1.29 is 4.74 Å². The second kappa shape index (κ2) is 2.55. The molecule has 0 aliphatic carbocycles. The Hall–Kier alpha value is -0.260. The van der Waals surface area contributed by atoms with Gasteiger partial charge in [-0.25, -0.2) is 4.68 Å². The molecule has 0 saturated heterocycles. The summed E-state index contributed by atoms with van der Waals surface area (Å²) < 4.78 is 7.61. The monoisotopic (exact) mass is 238 g/mol. The van der Waals surface area contributed by atoms with Crippen molar-refractivity contribution in [1.29, 1.82) is 0 Å². The van der Waals surface area contributed by atoms with Gasteiger partial charge in [-0.05, 0) is 22.6 Å². The molecule has 1 heterocycles. The Balaban J connectivity index is 3.01. The summed E-state index contributed by atoms with van der Waals surface area (Å²) in [5, 5.41) is 4.06. The molecular formula is C5H7IN2O. The molecule has 0 N–H and O–H groups in total. The highest BCUT2D eigenvalue weighted by atomic mass is 127. The molecular weight excluding hydrogens is 231 g/mol. The molecule has 0 atom stereocenters. The minimum absolute atomic E-state index is 0.791. The first-order chi connectivity index (χ1) is 4.24. The number of halogens is 1. The summed E-state index contributed by atoms with van der Waals surface area (Å²) in [5.41, 5.74) is 0. The third-order valence-corrected chi connectivity index (χ3v) is 1.54. The summed E-state index contributed by atoms with van der Waals surface area (Å²) >= 11 is 2.14. The zero-order valence-corrected chi connectivity index (χ0v) is 7.42. The average molecular weight is 238 g/mol. The van der Waals surface area contributed by atoms with E-state index in [0.29, 0.717) is 0 Å². The van der Waals surface area contributed by atoms with E-state index in [9.17, 15) is 0 Å². The molecule has 0 aliphatic rings. The first-order valence-corrected chi connectivity index (χ1v) is 3.55. The molecule has 1 rings (SSSR count). The highest BCUT2D eigenvalue weighted by Gasteiger charge is 1.99. The van der Waals surface area contributed by atoms with Crippen LogP contribution >= 0.6 is 22.6 Å². The number of nitrogens with zero attached hydrogens (tertiary/aromatic N) is 2. The normalized spacial score (nSPS) is 9.67. The van der Waals surface area contributed by atoms with Crippen molar-refractivity contribution in [2.45, 2.75) is 0 Å². The van der Waals surface area contributed by atoms with Crippen molar-refractivity contribution in [2.75, 3.05) is 7.11 Å². The molecule has 0 saturated carbocycles. The van der Waals surface area contributed by atoms with Gasteiger partial charge in [0.2, 0.25) is 5.88 Å². The van der Waals surface area contributed by atoms with Crippen LogP contribution in [0.4, 0.5) is 0 Å². The van der Waals surface area contributed by atoms with Gasteiger partial charge < -0.3 is 4.74 Å². The average Bonchev–Trinajstić information content (AvgIpc) is 2.10. The van der Waals surface area contributed by atoms with Crippen LogP contribution < -0.4 is 4.74 Å². The highest BCUT2D eigenvalue weighted by molar-refractivity contribution is 14.1. The van der Waals surface area contributed by atoms with Crippen molar-refractivity contribution in [3.63, 3.8) is 0 Å². The molecule has 1 aromatic heterocycles. The van der Waals surface area contributed by atoms with Crippen molar-refractivity contribution in [3.05, 3.63) is 9.77 Å². The van der Waals surface area contributed by atoms with Crippen LogP contribution in [0.25, 0.3) is 0 Å². The Morgan fingerprint density at radius 1 is 1.78 bits per heavy atom. The summed E-state index contributed by atoms with van der Waals surface area (Å²) in [6, 6.07) is 1.88. The lowest BCUT2D eigenvalue weighted by Gasteiger charge is -1.95. The van der Waals surface area contributed by atoms with Crippen molar-refractivity contribution in [2.24, 2.45) is 7.05 Å². The predicted molar refractivity (Wildman–Crippen MR) is 42.5 cm³/mol. The second-order valence-corrected chi connectivity index (χ2v) is 2.74. The predicted octanol–water partition coefficient (Wildman–Crippen LogP) is 1.03. The maximum absolute atomic E-state index is 4.96. The van der Waals surface area contributed by atoms with Gasteiger partial charge in [0.1, 0.15) is 3.70 Å². The van der Waals surface area contributed by atoms with Gasteiger partial charge in [-0.3, -0.25) is 0 Å². The molecule has 0 amide bonds. The summed E-state index contributed by atoms with van der Waals surface area (Å²) in [6.45, 7) is 0. The van der Waals surface area contributed by atoms with Gasteiger partial charge in [0.25, 0.3) is 0 Å². The lowest BCUT2D eigenvalue weighted by molar-refractivity contribution is 0.373. The zero-order valence-electron chi connectivity index (χ0n) is 5.26. The van der Waals surface area contributed by atoms with Crippen molar-refractivity contribution >= 4 is 22.6 Å². The van der Waals surface area contributed by atoms with Crippen LogP contribution in [0.5, 0.6) is 5.88 Å². The van der Waals surface area contributed by atoms with E-state index in [1.165, 1.54) is 0 Å². The molecule has 0 bridgehead atoms. The van der Waals surface area contributed by atoms with E-state index in [1.807, 2.05) is 13.1 Å². The van der Waals surface area contributed by atoms with Gasteiger partial charge in [-0.1, -0.05) is 0 Å². The molecule has 50 valence electrons. The molecule has 3 nitrogen and oxygen atoms in total. The molecule has 0 spiro atoms. The van der Waals surface area contributed by atoms with Crippen molar-refractivity contribution in [1.82, 2.24) is 9.78 Å². The van der Waals surface area contributed by atoms with E-state index < -0.39 is 0 Å². The molecule has 4 heteroatoms. The Bertz CT molecular complexity index is 209. The van der Waals surface area contributed by atoms with Crippen LogP contribution in [0.3, 0.4) is 0 Å². The van der Waals surface area contributed by atoms with Gasteiger partial charge in [0, 0.05) is 13.1 Å². The first kappa shape index (κ1) is 6.85. The molecule has 0 unspecified atom stereocenters. The van der Waals surface area contributed by atoms with Crippen LogP contribution in [0, 0.1) is 3.70 Å². The SMILES string of the molecule is COc1cc(I)nn1C. The number of methoxy groups -OCH3 is 1. The van der Waals surface area contributed by atoms with Crippen molar-refractivity contribution in [3.8, 4) is 5.88 Å². The fourth-order valence-electron chi connectivity index (χ4n) is 0.608. The number of hydrogen-bond acceptors (Lipinski definition) is 2. The molecule has 1 aromatic rings. The molecule has 9 heavy (non-hydrogen) atoms. The maximum Gasteiger partial charge on any atom is 0.212 e. The summed E-state index contributed by atoms with van der Waals surface area (Å²) in [7, 11) is 3.48. The van der Waals surface area contributed by atoms with E-state index in [1.54, 1.807) is 11.8 Å². The summed E-state index contributed by atoms with van der Waals surface area (Å²) in [4.78, 5) is 0. The lowest BCUT2D eigenvalue weighted by atomic mass is 10.7.